The van der Waals surface area contributed by atoms with E-state index < -0.39 is 0 Å². The number of hydrogen-bond donors (Lipinski definition) is 1. The highest BCUT2D eigenvalue weighted by Gasteiger charge is 2.05. The zero-order valence-electron chi connectivity index (χ0n) is 10.7. The van der Waals surface area contributed by atoms with E-state index in [2.05, 4.69) is 10.5 Å². The van der Waals surface area contributed by atoms with Gasteiger partial charge in [0.2, 0.25) is 0 Å². The SMILES string of the molecule is COc1cccc(C(=O)N/N=C\c2sccc2C)c1. The normalized spacial score (nSPS) is 10.6. The summed E-state index contributed by atoms with van der Waals surface area (Å²) >= 11 is 1.58. The minimum absolute atomic E-state index is 0.260. The van der Waals surface area contributed by atoms with Crippen LogP contribution in [0.3, 0.4) is 0 Å². The first-order valence-corrected chi connectivity index (χ1v) is 6.60. The number of nitrogens with one attached hydrogen (secondary N) is 1. The van der Waals surface area contributed by atoms with E-state index in [0.717, 1.165) is 10.4 Å². The summed E-state index contributed by atoms with van der Waals surface area (Å²) in [7, 11) is 1.56. The van der Waals surface area contributed by atoms with Gasteiger partial charge in [0.25, 0.3) is 5.91 Å². The van der Waals surface area contributed by atoms with Crippen molar-refractivity contribution >= 4 is 23.5 Å². The molecule has 0 unspecified atom stereocenters. The maximum atomic E-state index is 11.8. The Hall–Kier alpha value is -2.14. The largest absolute Gasteiger partial charge is 0.497 e. The number of nitrogens with zero attached hydrogens (tertiary/aromatic N) is 1. The number of aryl methyl sites for hydroxylation is 1. The Kier molecular flexibility index (Phi) is 4.30. The van der Waals surface area contributed by atoms with Gasteiger partial charge in [0.1, 0.15) is 5.75 Å². The van der Waals surface area contributed by atoms with Gasteiger partial charge in [-0.2, -0.15) is 5.10 Å². The van der Waals surface area contributed by atoms with Crippen molar-refractivity contribution in [1.29, 1.82) is 0 Å². The van der Waals surface area contributed by atoms with Gasteiger partial charge in [-0.25, -0.2) is 5.43 Å². The van der Waals surface area contributed by atoms with E-state index in [0.29, 0.717) is 11.3 Å². The van der Waals surface area contributed by atoms with E-state index in [1.165, 1.54) is 0 Å². The molecular weight excluding hydrogens is 260 g/mol. The van der Waals surface area contributed by atoms with Gasteiger partial charge in [0.05, 0.1) is 13.3 Å². The van der Waals surface area contributed by atoms with Gasteiger partial charge in [-0.05, 0) is 42.1 Å². The van der Waals surface area contributed by atoms with E-state index in [1.807, 2.05) is 18.4 Å². The number of carbonyl (C=O) groups is 1. The molecule has 5 heteroatoms. The fraction of sp³-hybridized carbons (Fsp3) is 0.143. The summed E-state index contributed by atoms with van der Waals surface area (Å²) < 4.78 is 5.07. The Balaban J connectivity index is 2.01. The molecule has 0 saturated heterocycles. The molecule has 1 aromatic heterocycles. The predicted octanol–water partition coefficient (Wildman–Crippen LogP) is 2.83. The number of rotatable bonds is 4. The maximum Gasteiger partial charge on any atom is 0.271 e. The number of methoxy groups -OCH3 is 1. The molecule has 4 nitrogen and oxygen atoms in total. The molecule has 98 valence electrons. The highest BCUT2D eigenvalue weighted by atomic mass is 32.1. The minimum atomic E-state index is -0.260. The van der Waals surface area contributed by atoms with Crippen LogP contribution in [0, 0.1) is 6.92 Å². The summed E-state index contributed by atoms with van der Waals surface area (Å²) in [6.07, 6.45) is 1.65. The molecule has 0 saturated carbocycles. The van der Waals surface area contributed by atoms with Gasteiger partial charge >= 0.3 is 0 Å². The fourth-order valence-electron chi connectivity index (χ4n) is 1.50. The lowest BCUT2D eigenvalue weighted by molar-refractivity contribution is 0.0955. The van der Waals surface area contributed by atoms with Crippen molar-refractivity contribution in [2.24, 2.45) is 5.10 Å². The van der Waals surface area contributed by atoms with Crippen LogP contribution >= 0.6 is 11.3 Å². The molecule has 1 N–H and O–H groups in total. The Morgan fingerprint density at radius 3 is 2.95 bits per heavy atom. The zero-order valence-corrected chi connectivity index (χ0v) is 11.5. The van der Waals surface area contributed by atoms with Crippen LogP contribution in [-0.4, -0.2) is 19.2 Å². The molecule has 0 radical (unpaired) electrons. The smallest absolute Gasteiger partial charge is 0.271 e. The van der Waals surface area contributed by atoms with Gasteiger partial charge in [-0.3, -0.25) is 4.79 Å². The summed E-state index contributed by atoms with van der Waals surface area (Å²) in [6.45, 7) is 2.00. The number of thiophene rings is 1. The highest BCUT2D eigenvalue weighted by Crippen LogP contribution is 2.13. The molecule has 0 aliphatic rings. The number of amides is 1. The molecule has 2 aromatic rings. The van der Waals surface area contributed by atoms with Gasteiger partial charge in [0.15, 0.2) is 0 Å². The number of hydrogen-bond acceptors (Lipinski definition) is 4. The Labute approximate surface area is 115 Å². The summed E-state index contributed by atoms with van der Waals surface area (Å²) in [6, 6.07) is 8.94. The lowest BCUT2D eigenvalue weighted by Crippen LogP contribution is -2.17. The zero-order chi connectivity index (χ0) is 13.7. The highest BCUT2D eigenvalue weighted by molar-refractivity contribution is 7.11. The Morgan fingerprint density at radius 2 is 2.26 bits per heavy atom. The molecule has 0 aliphatic carbocycles. The molecule has 0 spiro atoms. The molecule has 0 atom stereocenters. The van der Waals surface area contributed by atoms with Crippen LogP contribution in [0.5, 0.6) is 5.75 Å². The molecule has 2 rings (SSSR count). The first-order chi connectivity index (χ1) is 9.20. The first kappa shape index (κ1) is 13.3. The predicted molar refractivity (Wildman–Crippen MR) is 77.1 cm³/mol. The van der Waals surface area contributed by atoms with Crippen LogP contribution in [-0.2, 0) is 0 Å². The average Bonchev–Trinajstić information content (AvgIpc) is 2.84. The third kappa shape index (κ3) is 3.42. The molecule has 0 fully saturated rings. The summed E-state index contributed by atoms with van der Waals surface area (Å²) in [5.41, 5.74) is 4.15. The van der Waals surface area contributed by atoms with Crippen LogP contribution in [0.4, 0.5) is 0 Å². The maximum absolute atomic E-state index is 11.8. The standard InChI is InChI=1S/C14H14N2O2S/c1-10-6-7-19-13(10)9-15-16-14(17)11-4-3-5-12(8-11)18-2/h3-9H,1-2H3,(H,16,17)/b15-9-. The second-order valence-corrected chi connectivity index (χ2v) is 4.85. The van der Waals surface area contributed by atoms with Crippen molar-refractivity contribution in [2.75, 3.05) is 7.11 Å². The van der Waals surface area contributed by atoms with Gasteiger partial charge < -0.3 is 4.74 Å². The van der Waals surface area contributed by atoms with E-state index in [1.54, 1.807) is 48.9 Å². The second kappa shape index (κ2) is 6.15. The van der Waals surface area contributed by atoms with E-state index in [4.69, 9.17) is 4.74 Å². The first-order valence-electron chi connectivity index (χ1n) is 5.72. The lowest BCUT2D eigenvalue weighted by atomic mass is 10.2. The topological polar surface area (TPSA) is 50.7 Å². The quantitative estimate of drug-likeness (QED) is 0.688. The third-order valence-corrected chi connectivity index (χ3v) is 3.54. The minimum Gasteiger partial charge on any atom is -0.497 e. The van der Waals surface area contributed by atoms with Crippen LogP contribution in [0.15, 0.2) is 40.8 Å². The van der Waals surface area contributed by atoms with Crippen molar-refractivity contribution in [2.45, 2.75) is 6.92 Å². The monoisotopic (exact) mass is 274 g/mol. The van der Waals surface area contributed by atoms with Crippen molar-refractivity contribution < 1.29 is 9.53 Å². The second-order valence-electron chi connectivity index (χ2n) is 3.90. The van der Waals surface area contributed by atoms with Crippen LogP contribution in [0.2, 0.25) is 0 Å². The molecule has 0 bridgehead atoms. The van der Waals surface area contributed by atoms with Crippen molar-refractivity contribution in [3.05, 3.63) is 51.7 Å². The van der Waals surface area contributed by atoms with Crippen LogP contribution < -0.4 is 10.2 Å². The number of ether oxygens (including phenoxy) is 1. The van der Waals surface area contributed by atoms with Crippen molar-refractivity contribution in [1.82, 2.24) is 5.43 Å². The summed E-state index contributed by atoms with van der Waals surface area (Å²) in [4.78, 5) is 12.9. The molecule has 1 heterocycles. The molecule has 0 aliphatic heterocycles. The fourth-order valence-corrected chi connectivity index (χ4v) is 2.28. The van der Waals surface area contributed by atoms with E-state index in [9.17, 15) is 4.79 Å². The molecule has 1 amide bonds. The van der Waals surface area contributed by atoms with Gasteiger partial charge in [0, 0.05) is 10.4 Å². The van der Waals surface area contributed by atoms with Gasteiger partial charge in [-0.1, -0.05) is 6.07 Å². The Morgan fingerprint density at radius 1 is 1.42 bits per heavy atom. The van der Waals surface area contributed by atoms with E-state index in [-0.39, 0.29) is 5.91 Å². The summed E-state index contributed by atoms with van der Waals surface area (Å²) in [5.74, 6) is 0.384. The molecular formula is C14H14N2O2S. The summed E-state index contributed by atoms with van der Waals surface area (Å²) in [5, 5.41) is 5.94. The van der Waals surface area contributed by atoms with Crippen molar-refractivity contribution in [3.8, 4) is 5.75 Å². The van der Waals surface area contributed by atoms with Crippen LogP contribution in [0.1, 0.15) is 20.8 Å². The van der Waals surface area contributed by atoms with Crippen molar-refractivity contribution in [3.63, 3.8) is 0 Å². The van der Waals surface area contributed by atoms with Gasteiger partial charge in [-0.15, -0.1) is 11.3 Å². The molecule has 1 aromatic carbocycles. The number of carbonyl (C=O) groups excluding carboxylic acids is 1. The lowest BCUT2D eigenvalue weighted by Gasteiger charge is -2.02. The Bertz CT molecular complexity index is 605. The third-order valence-electron chi connectivity index (χ3n) is 2.58. The number of hydrazone groups is 1. The average molecular weight is 274 g/mol. The van der Waals surface area contributed by atoms with E-state index >= 15 is 0 Å². The van der Waals surface area contributed by atoms with Crippen LogP contribution in [0.25, 0.3) is 0 Å². The number of benzene rings is 1. The molecule has 19 heavy (non-hydrogen) atoms.